The quantitative estimate of drug-likeness (QED) is 0.733. The maximum atomic E-state index is 5.54. The van der Waals surface area contributed by atoms with Crippen LogP contribution in [0.2, 0.25) is 0 Å². The molecule has 21 heavy (non-hydrogen) atoms. The number of benzene rings is 2. The molecule has 2 aromatic carbocycles. The molecule has 1 atom stereocenters. The van der Waals surface area contributed by atoms with Gasteiger partial charge in [-0.05, 0) is 35.2 Å². The van der Waals surface area contributed by atoms with Crippen LogP contribution >= 0.6 is 11.3 Å². The molecule has 1 N–H and O–H groups in total. The fourth-order valence-electron chi connectivity index (χ4n) is 2.58. The molecule has 0 saturated carbocycles. The molecule has 0 spiro atoms. The van der Waals surface area contributed by atoms with E-state index in [9.17, 15) is 0 Å². The summed E-state index contributed by atoms with van der Waals surface area (Å²) in [5.74, 6) is 0.944. The number of methoxy groups -OCH3 is 1. The zero-order chi connectivity index (χ0) is 14.7. The van der Waals surface area contributed by atoms with E-state index in [1.807, 2.05) is 0 Å². The Kier molecular flexibility index (Phi) is 4.23. The average Bonchev–Trinajstić information content (AvgIpc) is 3.06. The van der Waals surface area contributed by atoms with Crippen LogP contribution in [0, 0.1) is 0 Å². The first-order valence-corrected chi connectivity index (χ1v) is 7.99. The highest BCUT2D eigenvalue weighted by atomic mass is 32.1. The summed E-state index contributed by atoms with van der Waals surface area (Å²) in [5.41, 5.74) is 1.22. The first-order chi connectivity index (χ1) is 10.3. The van der Waals surface area contributed by atoms with Crippen LogP contribution in [-0.2, 0) is 6.54 Å². The van der Waals surface area contributed by atoms with Crippen LogP contribution in [0.1, 0.15) is 23.4 Å². The van der Waals surface area contributed by atoms with Crippen molar-refractivity contribution in [2.24, 2.45) is 0 Å². The topological polar surface area (TPSA) is 21.3 Å². The first kappa shape index (κ1) is 14.1. The number of rotatable bonds is 5. The van der Waals surface area contributed by atoms with Gasteiger partial charge in [0.25, 0.3) is 0 Å². The summed E-state index contributed by atoms with van der Waals surface area (Å²) in [5, 5.41) is 8.22. The second kappa shape index (κ2) is 6.29. The Morgan fingerprint density at radius 3 is 2.71 bits per heavy atom. The van der Waals surface area contributed by atoms with Gasteiger partial charge in [0.05, 0.1) is 7.11 Å². The Morgan fingerprint density at radius 1 is 1.10 bits per heavy atom. The summed E-state index contributed by atoms with van der Waals surface area (Å²) < 4.78 is 5.54. The average molecular weight is 297 g/mol. The van der Waals surface area contributed by atoms with Crippen molar-refractivity contribution < 1.29 is 4.74 Å². The van der Waals surface area contributed by atoms with Crippen molar-refractivity contribution in [2.45, 2.75) is 19.5 Å². The third-order valence-electron chi connectivity index (χ3n) is 3.77. The minimum atomic E-state index is 0.341. The molecule has 3 rings (SSSR count). The summed E-state index contributed by atoms with van der Waals surface area (Å²) in [4.78, 5) is 1.36. The van der Waals surface area contributed by atoms with E-state index in [1.54, 1.807) is 18.4 Å². The van der Waals surface area contributed by atoms with Crippen molar-refractivity contribution in [3.05, 3.63) is 64.4 Å². The van der Waals surface area contributed by atoms with Crippen molar-refractivity contribution in [1.29, 1.82) is 0 Å². The number of thiophene rings is 1. The number of ether oxygens (including phenoxy) is 1. The van der Waals surface area contributed by atoms with Gasteiger partial charge in [-0.3, -0.25) is 0 Å². The lowest BCUT2D eigenvalue weighted by molar-refractivity contribution is 0.407. The van der Waals surface area contributed by atoms with E-state index >= 15 is 0 Å². The second-order valence-electron chi connectivity index (χ2n) is 5.09. The van der Waals surface area contributed by atoms with Crippen LogP contribution in [0.5, 0.6) is 5.75 Å². The van der Waals surface area contributed by atoms with Crippen molar-refractivity contribution in [2.75, 3.05) is 7.11 Å². The Labute approximate surface area is 129 Å². The minimum Gasteiger partial charge on any atom is -0.496 e. The van der Waals surface area contributed by atoms with Crippen molar-refractivity contribution in [3.63, 3.8) is 0 Å². The monoisotopic (exact) mass is 297 g/mol. The van der Waals surface area contributed by atoms with Crippen molar-refractivity contribution >= 4 is 22.1 Å². The van der Waals surface area contributed by atoms with Gasteiger partial charge >= 0.3 is 0 Å². The first-order valence-electron chi connectivity index (χ1n) is 7.11. The molecule has 1 heterocycles. The molecule has 0 amide bonds. The summed E-state index contributed by atoms with van der Waals surface area (Å²) in [6.07, 6.45) is 0. The molecule has 0 radical (unpaired) electrons. The predicted molar refractivity (Wildman–Crippen MR) is 90.1 cm³/mol. The number of fused-ring (bicyclic) bond motifs is 1. The third kappa shape index (κ3) is 2.94. The van der Waals surface area contributed by atoms with Crippen LogP contribution in [0.15, 0.2) is 53.9 Å². The van der Waals surface area contributed by atoms with Crippen molar-refractivity contribution in [1.82, 2.24) is 5.32 Å². The second-order valence-corrected chi connectivity index (χ2v) is 6.06. The van der Waals surface area contributed by atoms with E-state index in [2.05, 4.69) is 66.2 Å². The van der Waals surface area contributed by atoms with Gasteiger partial charge < -0.3 is 10.1 Å². The Morgan fingerprint density at radius 2 is 1.95 bits per heavy atom. The van der Waals surface area contributed by atoms with Gasteiger partial charge in [0.2, 0.25) is 0 Å². The zero-order valence-electron chi connectivity index (χ0n) is 12.3. The Balaban J connectivity index is 1.88. The molecule has 0 bridgehead atoms. The van der Waals surface area contributed by atoms with E-state index in [-0.39, 0.29) is 0 Å². The third-order valence-corrected chi connectivity index (χ3v) is 4.83. The van der Waals surface area contributed by atoms with Gasteiger partial charge in [0.1, 0.15) is 5.75 Å². The molecule has 0 fully saturated rings. The maximum Gasteiger partial charge on any atom is 0.123 e. The molecule has 1 aromatic heterocycles. The van der Waals surface area contributed by atoms with E-state index in [4.69, 9.17) is 4.74 Å². The molecular weight excluding hydrogens is 278 g/mol. The predicted octanol–water partition coefficient (Wildman–Crippen LogP) is 4.76. The minimum absolute atomic E-state index is 0.341. The zero-order valence-corrected chi connectivity index (χ0v) is 13.1. The van der Waals surface area contributed by atoms with E-state index in [0.29, 0.717) is 6.04 Å². The molecule has 108 valence electrons. The molecule has 0 aliphatic heterocycles. The lowest BCUT2D eigenvalue weighted by Crippen LogP contribution is -2.17. The smallest absolute Gasteiger partial charge is 0.123 e. The Hall–Kier alpha value is -1.84. The molecule has 3 heteroatoms. The van der Waals surface area contributed by atoms with Gasteiger partial charge in [0.15, 0.2) is 0 Å². The molecular formula is C18H19NOS. The SMILES string of the molecule is COc1ccc2ccccc2c1CNC(C)c1cccs1. The highest BCUT2D eigenvalue weighted by Crippen LogP contribution is 2.28. The number of hydrogen-bond acceptors (Lipinski definition) is 3. The standard InChI is InChI=1S/C18H19NOS/c1-13(18-8-5-11-21-18)19-12-16-15-7-4-3-6-14(15)9-10-17(16)20-2/h3-11,13,19H,12H2,1-2H3. The number of nitrogens with one attached hydrogen (secondary N) is 1. The largest absolute Gasteiger partial charge is 0.496 e. The summed E-state index contributed by atoms with van der Waals surface area (Å²) in [7, 11) is 1.73. The van der Waals surface area contributed by atoms with Gasteiger partial charge in [-0.1, -0.05) is 36.4 Å². The number of hydrogen-bond donors (Lipinski definition) is 1. The fraction of sp³-hybridized carbons (Fsp3) is 0.222. The lowest BCUT2D eigenvalue weighted by Gasteiger charge is -2.16. The highest BCUT2D eigenvalue weighted by Gasteiger charge is 2.11. The fourth-order valence-corrected chi connectivity index (χ4v) is 3.34. The van der Waals surface area contributed by atoms with Crippen LogP contribution < -0.4 is 10.1 Å². The summed E-state index contributed by atoms with van der Waals surface area (Å²) in [6.45, 7) is 2.99. The molecule has 0 aliphatic carbocycles. The van der Waals surface area contributed by atoms with E-state index < -0.39 is 0 Å². The normalized spacial score (nSPS) is 12.5. The van der Waals surface area contributed by atoms with Gasteiger partial charge in [-0.25, -0.2) is 0 Å². The summed E-state index contributed by atoms with van der Waals surface area (Å²) in [6, 6.07) is 17.2. The van der Waals surface area contributed by atoms with Crippen molar-refractivity contribution in [3.8, 4) is 5.75 Å². The van der Waals surface area contributed by atoms with Crippen LogP contribution in [0.4, 0.5) is 0 Å². The van der Waals surface area contributed by atoms with E-state index in [0.717, 1.165) is 12.3 Å². The highest BCUT2D eigenvalue weighted by molar-refractivity contribution is 7.10. The molecule has 1 unspecified atom stereocenters. The molecule has 0 saturated heterocycles. The van der Waals surface area contributed by atoms with E-state index in [1.165, 1.54) is 21.2 Å². The molecule has 2 nitrogen and oxygen atoms in total. The summed E-state index contributed by atoms with van der Waals surface area (Å²) >= 11 is 1.79. The Bertz CT molecular complexity index is 721. The maximum absolute atomic E-state index is 5.54. The van der Waals surface area contributed by atoms with Gasteiger partial charge in [-0.2, -0.15) is 0 Å². The molecule has 0 aliphatic rings. The lowest BCUT2D eigenvalue weighted by atomic mass is 10.0. The van der Waals surface area contributed by atoms with Crippen LogP contribution in [0.3, 0.4) is 0 Å². The van der Waals surface area contributed by atoms with Crippen LogP contribution in [0.25, 0.3) is 10.8 Å². The van der Waals surface area contributed by atoms with Gasteiger partial charge in [0, 0.05) is 23.0 Å². The molecule has 3 aromatic rings. The van der Waals surface area contributed by atoms with Gasteiger partial charge in [-0.15, -0.1) is 11.3 Å². The van der Waals surface area contributed by atoms with Crippen LogP contribution in [-0.4, -0.2) is 7.11 Å².